The smallest absolute Gasteiger partial charge is 0.319 e. The minimum absolute atomic E-state index is 0.0150. The predicted octanol–water partition coefficient (Wildman–Crippen LogP) is 3.26. The third-order valence-corrected chi connectivity index (χ3v) is 3.41. The van der Waals surface area contributed by atoms with E-state index in [0.717, 1.165) is 10.3 Å². The first-order valence-electron chi connectivity index (χ1n) is 8.25. The molecular weight excluding hydrogens is 344 g/mol. The average Bonchev–Trinajstić information content (AvgIpc) is 3.09. The van der Waals surface area contributed by atoms with Crippen LogP contribution in [-0.2, 0) is 6.54 Å². The number of rotatable bonds is 8. The van der Waals surface area contributed by atoms with E-state index >= 15 is 0 Å². The van der Waals surface area contributed by atoms with E-state index < -0.39 is 6.55 Å². The molecule has 1 aromatic carbocycles. The molecular formula is C17H23F2N5O2. The molecule has 1 heterocycles. The van der Waals surface area contributed by atoms with Crippen LogP contribution in [0.1, 0.15) is 26.2 Å². The van der Waals surface area contributed by atoms with Crippen LogP contribution in [0.3, 0.4) is 0 Å². The maximum atomic E-state index is 12.9. The topological polar surface area (TPSA) is 72.7 Å². The Labute approximate surface area is 151 Å². The summed E-state index contributed by atoms with van der Waals surface area (Å²) in [6.07, 6.45) is 2.56. The van der Waals surface area contributed by atoms with Gasteiger partial charge in [0.2, 0.25) is 0 Å². The van der Waals surface area contributed by atoms with Crippen LogP contribution in [0.25, 0.3) is 0 Å². The van der Waals surface area contributed by atoms with Crippen LogP contribution in [0.2, 0.25) is 0 Å². The fraction of sp³-hybridized carbons (Fsp3) is 0.412. The number of methoxy groups -OCH3 is 1. The fourth-order valence-electron chi connectivity index (χ4n) is 2.26. The van der Waals surface area contributed by atoms with Crippen molar-refractivity contribution < 1.29 is 18.3 Å². The highest BCUT2D eigenvalue weighted by atomic mass is 19.3. The number of imidazole rings is 1. The van der Waals surface area contributed by atoms with Crippen LogP contribution in [0, 0.1) is 0 Å². The summed E-state index contributed by atoms with van der Waals surface area (Å²) in [7, 11) is 1.57. The van der Waals surface area contributed by atoms with Gasteiger partial charge in [0.15, 0.2) is 17.5 Å². The Morgan fingerprint density at radius 2 is 2.12 bits per heavy atom. The van der Waals surface area contributed by atoms with Crippen LogP contribution in [0.5, 0.6) is 11.5 Å². The van der Waals surface area contributed by atoms with Gasteiger partial charge in [-0.05, 0) is 26.0 Å². The number of hydrogen-bond acceptors (Lipinski definition) is 4. The van der Waals surface area contributed by atoms with E-state index in [1.807, 2.05) is 19.9 Å². The SMILES string of the molecule is CCNC(=NCc1nccn1C(F)F)Nc1ccc(OC)c(OCC)c1. The second-order valence-corrected chi connectivity index (χ2v) is 5.15. The Morgan fingerprint density at radius 3 is 2.77 bits per heavy atom. The standard InChI is InChI=1S/C17H23F2N5O2/c1-4-20-17(22-11-15-21-8-9-24(15)16(18)19)23-12-6-7-13(25-3)14(10-12)26-5-2/h6-10,16H,4-5,11H2,1-3H3,(H2,20,22,23). The van der Waals surface area contributed by atoms with E-state index in [-0.39, 0.29) is 12.4 Å². The number of benzene rings is 1. The van der Waals surface area contributed by atoms with Crippen LogP contribution >= 0.6 is 0 Å². The monoisotopic (exact) mass is 367 g/mol. The zero-order chi connectivity index (χ0) is 18.9. The van der Waals surface area contributed by atoms with Gasteiger partial charge in [0.1, 0.15) is 12.4 Å². The highest BCUT2D eigenvalue weighted by molar-refractivity contribution is 5.93. The first kappa shape index (κ1) is 19.5. The molecule has 0 bridgehead atoms. The van der Waals surface area contributed by atoms with Crippen molar-refractivity contribution >= 4 is 11.6 Å². The van der Waals surface area contributed by atoms with Gasteiger partial charge in [-0.25, -0.2) is 9.98 Å². The highest BCUT2D eigenvalue weighted by Crippen LogP contribution is 2.30. The molecule has 0 fully saturated rings. The lowest BCUT2D eigenvalue weighted by atomic mass is 10.2. The van der Waals surface area contributed by atoms with Gasteiger partial charge in [-0.1, -0.05) is 0 Å². The van der Waals surface area contributed by atoms with Crippen molar-refractivity contribution in [2.75, 3.05) is 25.6 Å². The number of ether oxygens (including phenoxy) is 2. The van der Waals surface area contributed by atoms with Crippen LogP contribution in [0.15, 0.2) is 35.6 Å². The van der Waals surface area contributed by atoms with Gasteiger partial charge < -0.3 is 20.1 Å². The fourth-order valence-corrected chi connectivity index (χ4v) is 2.26. The second kappa shape index (κ2) is 9.59. The highest BCUT2D eigenvalue weighted by Gasteiger charge is 2.11. The summed E-state index contributed by atoms with van der Waals surface area (Å²) in [5.74, 6) is 1.85. The molecule has 26 heavy (non-hydrogen) atoms. The van der Waals surface area contributed by atoms with Crippen molar-refractivity contribution in [3.05, 3.63) is 36.4 Å². The maximum absolute atomic E-state index is 12.9. The Kier molecular flexibility index (Phi) is 7.19. The Morgan fingerprint density at radius 1 is 1.31 bits per heavy atom. The molecule has 2 rings (SSSR count). The minimum Gasteiger partial charge on any atom is -0.493 e. The van der Waals surface area contributed by atoms with Gasteiger partial charge in [0, 0.05) is 30.7 Å². The lowest BCUT2D eigenvalue weighted by molar-refractivity contribution is 0.0671. The van der Waals surface area contributed by atoms with Gasteiger partial charge in [-0.2, -0.15) is 8.78 Å². The first-order valence-corrected chi connectivity index (χ1v) is 8.25. The van der Waals surface area contributed by atoms with Crippen molar-refractivity contribution in [1.29, 1.82) is 0 Å². The summed E-state index contributed by atoms with van der Waals surface area (Å²) in [5, 5.41) is 6.18. The number of aromatic nitrogens is 2. The lowest BCUT2D eigenvalue weighted by Crippen LogP contribution is -2.30. The number of hydrogen-bond donors (Lipinski definition) is 2. The zero-order valence-corrected chi connectivity index (χ0v) is 15.0. The Bertz CT molecular complexity index is 734. The van der Waals surface area contributed by atoms with Crippen molar-refractivity contribution in [3.63, 3.8) is 0 Å². The maximum Gasteiger partial charge on any atom is 0.319 e. The van der Waals surface area contributed by atoms with Crippen molar-refractivity contribution in [1.82, 2.24) is 14.9 Å². The van der Waals surface area contributed by atoms with Crippen molar-refractivity contribution in [2.24, 2.45) is 4.99 Å². The number of guanidine groups is 1. The van der Waals surface area contributed by atoms with E-state index in [9.17, 15) is 8.78 Å². The number of nitrogens with one attached hydrogen (secondary N) is 2. The molecule has 0 saturated carbocycles. The molecule has 2 N–H and O–H groups in total. The van der Waals surface area contributed by atoms with E-state index in [4.69, 9.17) is 9.47 Å². The molecule has 2 aromatic rings. The summed E-state index contributed by atoms with van der Waals surface area (Å²) in [5.41, 5.74) is 0.728. The molecule has 7 nitrogen and oxygen atoms in total. The molecule has 0 saturated heterocycles. The van der Waals surface area contributed by atoms with Crippen LogP contribution < -0.4 is 20.1 Å². The molecule has 0 unspecified atom stereocenters. The van der Waals surface area contributed by atoms with Gasteiger partial charge in [0.25, 0.3) is 0 Å². The normalized spacial score (nSPS) is 11.5. The summed E-state index contributed by atoms with van der Waals surface area (Å²) in [6.45, 7) is 2.29. The molecule has 0 spiro atoms. The largest absolute Gasteiger partial charge is 0.493 e. The average molecular weight is 367 g/mol. The number of alkyl halides is 2. The summed E-state index contributed by atoms with van der Waals surface area (Å²) in [4.78, 5) is 8.24. The van der Waals surface area contributed by atoms with Gasteiger partial charge in [-0.15, -0.1) is 0 Å². The lowest BCUT2D eigenvalue weighted by Gasteiger charge is -2.14. The van der Waals surface area contributed by atoms with E-state index in [2.05, 4.69) is 20.6 Å². The summed E-state index contributed by atoms with van der Waals surface area (Å²) >= 11 is 0. The Hall–Kier alpha value is -2.84. The molecule has 0 radical (unpaired) electrons. The van der Waals surface area contributed by atoms with Gasteiger partial charge in [0.05, 0.1) is 13.7 Å². The third-order valence-electron chi connectivity index (χ3n) is 3.41. The molecule has 0 amide bonds. The second-order valence-electron chi connectivity index (χ2n) is 5.15. The molecule has 142 valence electrons. The Balaban J connectivity index is 2.17. The van der Waals surface area contributed by atoms with Crippen LogP contribution in [0.4, 0.5) is 14.5 Å². The quantitative estimate of drug-likeness (QED) is 0.553. The van der Waals surface area contributed by atoms with Gasteiger partial charge in [-0.3, -0.25) is 4.57 Å². The van der Waals surface area contributed by atoms with Crippen molar-refractivity contribution in [3.8, 4) is 11.5 Å². The zero-order valence-electron chi connectivity index (χ0n) is 15.0. The van der Waals surface area contributed by atoms with Crippen molar-refractivity contribution in [2.45, 2.75) is 26.9 Å². The summed E-state index contributed by atoms with van der Waals surface area (Å²) < 4.78 is 37.4. The number of aliphatic imine (C=N–C) groups is 1. The first-order chi connectivity index (χ1) is 12.6. The molecule has 0 aliphatic heterocycles. The van der Waals surface area contributed by atoms with Gasteiger partial charge >= 0.3 is 6.55 Å². The molecule has 9 heteroatoms. The van der Waals surface area contributed by atoms with E-state index in [1.165, 1.54) is 12.4 Å². The number of anilines is 1. The van der Waals surface area contributed by atoms with E-state index in [0.29, 0.717) is 30.6 Å². The van der Waals surface area contributed by atoms with Crippen LogP contribution in [-0.4, -0.2) is 35.8 Å². The molecule has 0 aliphatic rings. The number of halogens is 2. The minimum atomic E-state index is -2.64. The number of nitrogens with zero attached hydrogens (tertiary/aromatic N) is 3. The predicted molar refractivity (Wildman–Crippen MR) is 96.1 cm³/mol. The molecule has 0 atom stereocenters. The third kappa shape index (κ3) is 5.08. The van der Waals surface area contributed by atoms with E-state index in [1.54, 1.807) is 19.2 Å². The summed E-state index contributed by atoms with van der Waals surface area (Å²) in [6, 6.07) is 5.38. The molecule has 0 aliphatic carbocycles. The molecule has 1 aromatic heterocycles.